The highest BCUT2D eigenvalue weighted by Crippen LogP contribution is 2.44. The summed E-state index contributed by atoms with van der Waals surface area (Å²) >= 11 is 0. The number of anilines is 2. The fourth-order valence-electron chi connectivity index (χ4n) is 3.91. The third kappa shape index (κ3) is 3.28. The van der Waals surface area contributed by atoms with Crippen molar-refractivity contribution in [3.05, 3.63) is 42.2 Å². The lowest BCUT2D eigenvalue weighted by molar-refractivity contribution is 0.327. The molecule has 0 bridgehead atoms. The van der Waals surface area contributed by atoms with Crippen molar-refractivity contribution in [1.29, 1.82) is 5.26 Å². The van der Waals surface area contributed by atoms with Gasteiger partial charge in [0.05, 0.1) is 38.0 Å². The highest BCUT2D eigenvalue weighted by Gasteiger charge is 2.24. The van der Waals surface area contributed by atoms with Crippen molar-refractivity contribution < 1.29 is 14.2 Å². The largest absolute Gasteiger partial charge is 0.493 e. The minimum atomic E-state index is 0.509. The maximum absolute atomic E-state index is 9.40. The van der Waals surface area contributed by atoms with Crippen molar-refractivity contribution in [3.8, 4) is 23.3 Å². The molecule has 1 fully saturated rings. The summed E-state index contributed by atoms with van der Waals surface area (Å²) in [5.41, 5.74) is 2.35. The van der Waals surface area contributed by atoms with E-state index in [1.54, 1.807) is 27.7 Å². The van der Waals surface area contributed by atoms with E-state index in [-0.39, 0.29) is 0 Å². The minimum absolute atomic E-state index is 0.509. The SMILES string of the molecule is COc1cc2c(N3CCN(c4ccccc4C#N)CC3)ncnc2c(OC)c1OC. The molecule has 0 saturated carbocycles. The number of nitriles is 1. The molecule has 1 aromatic heterocycles. The van der Waals surface area contributed by atoms with Gasteiger partial charge in [0.25, 0.3) is 0 Å². The topological polar surface area (TPSA) is 83.7 Å². The van der Waals surface area contributed by atoms with Crippen LogP contribution in [0.2, 0.25) is 0 Å². The van der Waals surface area contributed by atoms with Gasteiger partial charge < -0.3 is 24.0 Å². The molecule has 8 heteroatoms. The molecule has 1 saturated heterocycles. The lowest BCUT2D eigenvalue weighted by Gasteiger charge is -2.37. The van der Waals surface area contributed by atoms with Crippen LogP contribution in [0.4, 0.5) is 11.5 Å². The van der Waals surface area contributed by atoms with Crippen LogP contribution in [0, 0.1) is 11.3 Å². The van der Waals surface area contributed by atoms with Crippen LogP contribution < -0.4 is 24.0 Å². The average Bonchev–Trinajstić information content (AvgIpc) is 2.82. The van der Waals surface area contributed by atoms with Crippen LogP contribution in [0.25, 0.3) is 10.9 Å². The molecule has 0 atom stereocenters. The third-order valence-electron chi connectivity index (χ3n) is 5.36. The van der Waals surface area contributed by atoms with Crippen molar-refractivity contribution in [3.63, 3.8) is 0 Å². The van der Waals surface area contributed by atoms with Crippen LogP contribution in [0.3, 0.4) is 0 Å². The molecule has 154 valence electrons. The lowest BCUT2D eigenvalue weighted by Crippen LogP contribution is -2.47. The molecule has 2 heterocycles. The summed E-state index contributed by atoms with van der Waals surface area (Å²) in [4.78, 5) is 13.5. The van der Waals surface area contributed by atoms with Gasteiger partial charge in [-0.25, -0.2) is 9.97 Å². The average molecular weight is 405 g/mol. The molecular weight excluding hydrogens is 382 g/mol. The van der Waals surface area contributed by atoms with Gasteiger partial charge in [-0.1, -0.05) is 12.1 Å². The molecule has 0 unspecified atom stereocenters. The maximum Gasteiger partial charge on any atom is 0.205 e. The molecule has 8 nitrogen and oxygen atoms in total. The fourth-order valence-corrected chi connectivity index (χ4v) is 3.91. The van der Waals surface area contributed by atoms with E-state index >= 15 is 0 Å². The second kappa shape index (κ2) is 8.33. The number of piperazine rings is 1. The number of aromatic nitrogens is 2. The third-order valence-corrected chi connectivity index (χ3v) is 5.36. The van der Waals surface area contributed by atoms with E-state index in [9.17, 15) is 5.26 Å². The summed E-state index contributed by atoms with van der Waals surface area (Å²) in [7, 11) is 4.76. The van der Waals surface area contributed by atoms with Crippen LogP contribution in [-0.4, -0.2) is 57.5 Å². The summed E-state index contributed by atoms with van der Waals surface area (Å²) in [5, 5.41) is 10.2. The lowest BCUT2D eigenvalue weighted by atomic mass is 10.1. The second-order valence-corrected chi connectivity index (χ2v) is 6.84. The van der Waals surface area contributed by atoms with Crippen LogP contribution in [-0.2, 0) is 0 Å². The van der Waals surface area contributed by atoms with Gasteiger partial charge in [-0.2, -0.15) is 5.26 Å². The normalized spacial score (nSPS) is 13.8. The molecule has 0 aliphatic carbocycles. The van der Waals surface area contributed by atoms with Crippen molar-refractivity contribution in [2.24, 2.45) is 0 Å². The Bertz CT molecular complexity index is 1100. The number of nitrogens with zero attached hydrogens (tertiary/aromatic N) is 5. The summed E-state index contributed by atoms with van der Waals surface area (Å²) in [5.74, 6) is 2.43. The van der Waals surface area contributed by atoms with Crippen molar-refractivity contribution >= 4 is 22.4 Å². The number of rotatable bonds is 5. The molecule has 0 N–H and O–H groups in total. The van der Waals surface area contributed by atoms with Crippen LogP contribution in [0.5, 0.6) is 17.2 Å². The summed E-state index contributed by atoms with van der Waals surface area (Å²) < 4.78 is 16.6. The summed E-state index contributed by atoms with van der Waals surface area (Å²) in [6.45, 7) is 3.11. The first-order valence-electron chi connectivity index (χ1n) is 9.64. The van der Waals surface area contributed by atoms with E-state index in [0.29, 0.717) is 28.3 Å². The van der Waals surface area contributed by atoms with Gasteiger partial charge in [-0.3, -0.25) is 0 Å². The Morgan fingerprint density at radius 2 is 1.60 bits per heavy atom. The van der Waals surface area contributed by atoms with E-state index < -0.39 is 0 Å². The maximum atomic E-state index is 9.40. The number of benzene rings is 2. The van der Waals surface area contributed by atoms with Crippen molar-refractivity contribution in [2.45, 2.75) is 0 Å². The van der Waals surface area contributed by atoms with Gasteiger partial charge in [0.2, 0.25) is 5.75 Å². The molecule has 4 rings (SSSR count). The molecule has 0 spiro atoms. The molecule has 0 amide bonds. The second-order valence-electron chi connectivity index (χ2n) is 6.84. The Morgan fingerprint density at radius 3 is 2.27 bits per heavy atom. The monoisotopic (exact) mass is 405 g/mol. The number of methoxy groups -OCH3 is 3. The standard InChI is InChI=1S/C22H23N5O3/c1-28-18-12-16-19(21(30-3)20(18)29-2)24-14-25-22(16)27-10-8-26(9-11-27)17-7-5-4-6-15(17)13-23/h4-7,12,14H,8-11H2,1-3H3. The van der Waals surface area contributed by atoms with E-state index in [2.05, 4.69) is 25.8 Å². The molecule has 30 heavy (non-hydrogen) atoms. The van der Waals surface area contributed by atoms with Crippen LogP contribution in [0.15, 0.2) is 36.7 Å². The van der Waals surface area contributed by atoms with Gasteiger partial charge in [-0.15, -0.1) is 0 Å². The van der Waals surface area contributed by atoms with Crippen molar-refractivity contribution in [2.75, 3.05) is 57.3 Å². The highest BCUT2D eigenvalue weighted by atomic mass is 16.5. The predicted octanol–water partition coefficient (Wildman–Crippen LogP) is 2.85. The van der Waals surface area contributed by atoms with Gasteiger partial charge in [0.15, 0.2) is 11.5 Å². The summed E-state index contributed by atoms with van der Waals surface area (Å²) in [6.07, 6.45) is 1.55. The number of hydrogen-bond donors (Lipinski definition) is 0. The first kappa shape index (κ1) is 19.6. The molecule has 0 radical (unpaired) electrons. The van der Waals surface area contributed by atoms with Crippen molar-refractivity contribution in [1.82, 2.24) is 9.97 Å². The Hall–Kier alpha value is -3.73. The van der Waals surface area contributed by atoms with Gasteiger partial charge in [0, 0.05) is 26.2 Å². The van der Waals surface area contributed by atoms with Gasteiger partial charge in [0.1, 0.15) is 23.7 Å². The van der Waals surface area contributed by atoms with Gasteiger partial charge in [-0.05, 0) is 18.2 Å². The summed E-state index contributed by atoms with van der Waals surface area (Å²) in [6, 6.07) is 11.9. The van der Waals surface area contributed by atoms with E-state index in [0.717, 1.165) is 43.1 Å². The van der Waals surface area contributed by atoms with E-state index in [4.69, 9.17) is 14.2 Å². The Balaban J connectivity index is 1.67. The Kier molecular flexibility index (Phi) is 5.44. The number of ether oxygens (including phenoxy) is 3. The first-order valence-corrected chi connectivity index (χ1v) is 9.64. The molecule has 1 aliphatic rings. The number of fused-ring (bicyclic) bond motifs is 1. The zero-order valence-corrected chi connectivity index (χ0v) is 17.3. The van der Waals surface area contributed by atoms with E-state index in [1.807, 2.05) is 30.3 Å². The predicted molar refractivity (Wildman–Crippen MR) is 115 cm³/mol. The zero-order chi connectivity index (χ0) is 21.1. The molecule has 2 aromatic carbocycles. The van der Waals surface area contributed by atoms with Gasteiger partial charge >= 0.3 is 0 Å². The van der Waals surface area contributed by atoms with E-state index in [1.165, 1.54) is 0 Å². The Labute approximate surface area is 175 Å². The molecule has 3 aromatic rings. The first-order chi connectivity index (χ1) is 14.7. The minimum Gasteiger partial charge on any atom is -0.493 e. The highest BCUT2D eigenvalue weighted by molar-refractivity contribution is 5.97. The molecular formula is C22H23N5O3. The number of hydrogen-bond acceptors (Lipinski definition) is 8. The molecule has 1 aliphatic heterocycles. The fraction of sp³-hybridized carbons (Fsp3) is 0.318. The zero-order valence-electron chi connectivity index (χ0n) is 17.3. The Morgan fingerprint density at radius 1 is 0.900 bits per heavy atom. The smallest absolute Gasteiger partial charge is 0.205 e. The van der Waals surface area contributed by atoms with Crippen LogP contribution in [0.1, 0.15) is 5.56 Å². The van der Waals surface area contributed by atoms with Crippen LogP contribution >= 0.6 is 0 Å². The number of para-hydroxylation sites is 1. The quantitative estimate of drug-likeness (QED) is 0.641.